The highest BCUT2D eigenvalue weighted by Crippen LogP contribution is 2.39. The van der Waals surface area contributed by atoms with Gasteiger partial charge in [-0.15, -0.1) is 0 Å². The van der Waals surface area contributed by atoms with Crippen LogP contribution in [0.3, 0.4) is 0 Å². The van der Waals surface area contributed by atoms with Gasteiger partial charge in [-0.2, -0.15) is 0 Å². The molecule has 0 aliphatic rings. The molecular formula is C30H34O10. The maximum absolute atomic E-state index is 14.0. The number of rotatable bonds is 11. The lowest BCUT2D eigenvalue weighted by Crippen LogP contribution is -2.15. The quantitative estimate of drug-likeness (QED) is 0.200. The predicted molar refractivity (Wildman–Crippen MR) is 149 cm³/mol. The molecule has 0 bridgehead atoms. The molecule has 10 nitrogen and oxygen atoms in total. The molecule has 2 N–H and O–H groups in total. The summed E-state index contributed by atoms with van der Waals surface area (Å²) in [6.45, 7) is 6.25. The molecule has 2 aromatic carbocycles. The number of ether oxygens (including phenoxy) is 4. The number of phenolic OH excluding ortho intramolecular Hbond substituents is 1. The lowest BCUT2D eigenvalue weighted by atomic mass is 9.95. The van der Waals surface area contributed by atoms with Crippen LogP contribution in [-0.4, -0.2) is 49.6 Å². The molecule has 3 aromatic rings. The van der Waals surface area contributed by atoms with Gasteiger partial charge in [-0.1, -0.05) is 23.3 Å². The average Bonchev–Trinajstić information content (AvgIpc) is 2.91. The molecule has 0 unspecified atom stereocenters. The van der Waals surface area contributed by atoms with E-state index < -0.39 is 37.2 Å². The molecule has 0 spiro atoms. The minimum Gasteiger partial charge on any atom is -0.507 e. The Kier molecular flexibility index (Phi) is 9.95. The summed E-state index contributed by atoms with van der Waals surface area (Å²) in [6, 6.07) is 2.86. The second kappa shape index (κ2) is 13.2. The van der Waals surface area contributed by atoms with E-state index in [0.29, 0.717) is 16.7 Å². The summed E-state index contributed by atoms with van der Waals surface area (Å²) in [4.78, 5) is 37.5. The van der Waals surface area contributed by atoms with Crippen molar-refractivity contribution in [3.63, 3.8) is 0 Å². The van der Waals surface area contributed by atoms with E-state index in [0.717, 1.165) is 11.1 Å². The van der Waals surface area contributed by atoms with Gasteiger partial charge in [-0.25, -0.2) is 9.59 Å². The van der Waals surface area contributed by atoms with Crippen molar-refractivity contribution in [2.45, 2.75) is 47.1 Å². The van der Waals surface area contributed by atoms with E-state index in [1.807, 2.05) is 39.8 Å². The number of hydrogen-bond donors (Lipinski definition) is 2. The first kappa shape index (κ1) is 30.2. The van der Waals surface area contributed by atoms with Gasteiger partial charge in [0.25, 0.3) is 0 Å². The number of methoxy groups -OCH3 is 2. The average molecular weight is 555 g/mol. The summed E-state index contributed by atoms with van der Waals surface area (Å²) in [5, 5.41) is 21.7. The van der Waals surface area contributed by atoms with Gasteiger partial charge in [0.05, 0.1) is 26.2 Å². The number of carbonyl (C=O) groups excluding carboxylic acids is 2. The molecule has 0 amide bonds. The Morgan fingerprint density at radius 2 is 1.27 bits per heavy atom. The van der Waals surface area contributed by atoms with E-state index in [1.165, 1.54) is 26.4 Å². The van der Waals surface area contributed by atoms with Gasteiger partial charge >= 0.3 is 11.9 Å². The third-order valence-corrected chi connectivity index (χ3v) is 6.21. The number of aliphatic hydroxyl groups is 1. The molecule has 1 aromatic heterocycles. The Bertz CT molecular complexity index is 1550. The first-order valence-electron chi connectivity index (χ1n) is 12.6. The van der Waals surface area contributed by atoms with Crippen molar-refractivity contribution in [3.8, 4) is 17.2 Å². The lowest BCUT2D eigenvalue weighted by molar-refractivity contribution is -0.143. The standard InChI is InChI=1S/C30H34O10/c1-16(2)7-9-18-20(13-31)22(39-15-26(33)37-6)12-23-27(18)30(35)28-24(40-23)11-21(38-14-25(32)36-5)19(29(28)34)10-8-17(3)4/h7-8,11-12,31,34H,9-10,13-15H2,1-6H3. The van der Waals surface area contributed by atoms with Gasteiger partial charge in [-0.3, -0.25) is 4.79 Å². The Hall–Kier alpha value is -4.31. The summed E-state index contributed by atoms with van der Waals surface area (Å²) in [5.41, 5.74) is 2.61. The van der Waals surface area contributed by atoms with Crippen LogP contribution < -0.4 is 14.9 Å². The molecule has 10 heteroatoms. The maximum atomic E-state index is 14.0. The second-order valence-corrected chi connectivity index (χ2v) is 9.57. The normalized spacial score (nSPS) is 10.8. The van der Waals surface area contributed by atoms with E-state index in [4.69, 9.17) is 13.9 Å². The first-order chi connectivity index (χ1) is 19.0. The molecule has 0 saturated carbocycles. The summed E-state index contributed by atoms with van der Waals surface area (Å²) in [5.74, 6) is -1.30. The van der Waals surface area contributed by atoms with Crippen LogP contribution in [0.15, 0.2) is 44.6 Å². The number of hydrogen-bond acceptors (Lipinski definition) is 10. The lowest BCUT2D eigenvalue weighted by Gasteiger charge is -2.17. The van der Waals surface area contributed by atoms with E-state index in [9.17, 15) is 24.6 Å². The Morgan fingerprint density at radius 1 is 0.800 bits per heavy atom. The minimum absolute atomic E-state index is 0.0136. The Balaban J connectivity index is 2.40. The maximum Gasteiger partial charge on any atom is 0.343 e. The smallest absolute Gasteiger partial charge is 0.343 e. The van der Waals surface area contributed by atoms with Gasteiger partial charge in [0, 0.05) is 23.3 Å². The zero-order valence-electron chi connectivity index (χ0n) is 23.5. The number of phenols is 1. The summed E-state index contributed by atoms with van der Waals surface area (Å²) in [6.07, 6.45) is 4.21. The third-order valence-electron chi connectivity index (χ3n) is 6.21. The largest absolute Gasteiger partial charge is 0.507 e. The van der Waals surface area contributed by atoms with E-state index in [2.05, 4.69) is 9.47 Å². The van der Waals surface area contributed by atoms with Crippen LogP contribution in [0.2, 0.25) is 0 Å². The fourth-order valence-corrected chi connectivity index (χ4v) is 4.12. The first-order valence-corrected chi connectivity index (χ1v) is 12.6. The van der Waals surface area contributed by atoms with Crippen molar-refractivity contribution < 1.29 is 43.2 Å². The molecule has 0 saturated heterocycles. The number of benzene rings is 2. The summed E-state index contributed by atoms with van der Waals surface area (Å²) in [7, 11) is 2.45. The topological polar surface area (TPSA) is 142 Å². The predicted octanol–water partition coefficient (Wildman–Crippen LogP) is 4.27. The van der Waals surface area contributed by atoms with Crippen molar-refractivity contribution >= 4 is 33.9 Å². The Labute approximate surface area is 231 Å². The van der Waals surface area contributed by atoms with Gasteiger partial charge in [0.2, 0.25) is 5.43 Å². The number of carbonyl (C=O) groups is 2. The monoisotopic (exact) mass is 554 g/mol. The molecule has 0 radical (unpaired) electrons. The van der Waals surface area contributed by atoms with Crippen molar-refractivity contribution in [1.29, 1.82) is 0 Å². The molecule has 3 rings (SSSR count). The molecule has 0 atom stereocenters. The number of aliphatic hydroxyl groups excluding tert-OH is 1. The van der Waals surface area contributed by atoms with Crippen molar-refractivity contribution in [3.05, 3.63) is 62.3 Å². The highest BCUT2D eigenvalue weighted by molar-refractivity contribution is 5.97. The number of esters is 2. The van der Waals surface area contributed by atoms with Crippen LogP contribution in [0.4, 0.5) is 0 Å². The van der Waals surface area contributed by atoms with E-state index in [-0.39, 0.29) is 52.0 Å². The Morgan fingerprint density at radius 3 is 1.75 bits per heavy atom. The number of aromatic hydroxyl groups is 1. The van der Waals surface area contributed by atoms with Gasteiger partial charge in [-0.05, 0) is 46.1 Å². The molecule has 0 fully saturated rings. The fraction of sp³-hybridized carbons (Fsp3) is 0.367. The molecular weight excluding hydrogens is 520 g/mol. The van der Waals surface area contributed by atoms with E-state index >= 15 is 0 Å². The van der Waals surface area contributed by atoms with Crippen LogP contribution in [0.25, 0.3) is 21.9 Å². The third kappa shape index (κ3) is 6.63. The second-order valence-electron chi connectivity index (χ2n) is 9.57. The molecule has 40 heavy (non-hydrogen) atoms. The van der Waals surface area contributed by atoms with Crippen molar-refractivity contribution in [2.24, 2.45) is 0 Å². The molecule has 0 aliphatic heterocycles. The SMILES string of the molecule is COC(=O)COc1cc2oc3cc(OCC(=O)OC)c(CO)c(CC=C(C)C)c3c(=O)c2c(O)c1CC=C(C)C. The van der Waals surface area contributed by atoms with Gasteiger partial charge in [0.1, 0.15) is 33.8 Å². The molecule has 214 valence electrons. The number of fused-ring (bicyclic) bond motifs is 2. The highest BCUT2D eigenvalue weighted by Gasteiger charge is 2.24. The summed E-state index contributed by atoms with van der Waals surface area (Å²) >= 11 is 0. The van der Waals surface area contributed by atoms with Crippen LogP contribution in [-0.2, 0) is 38.5 Å². The van der Waals surface area contributed by atoms with E-state index in [1.54, 1.807) is 0 Å². The van der Waals surface area contributed by atoms with Crippen LogP contribution >= 0.6 is 0 Å². The van der Waals surface area contributed by atoms with Crippen LogP contribution in [0, 0.1) is 0 Å². The molecule has 0 aliphatic carbocycles. The van der Waals surface area contributed by atoms with Crippen LogP contribution in [0.1, 0.15) is 44.4 Å². The summed E-state index contributed by atoms with van der Waals surface area (Å²) < 4.78 is 26.7. The van der Waals surface area contributed by atoms with Gasteiger partial charge in [0.15, 0.2) is 13.2 Å². The molecule has 1 heterocycles. The zero-order valence-corrected chi connectivity index (χ0v) is 23.5. The van der Waals surface area contributed by atoms with Crippen LogP contribution in [0.5, 0.6) is 17.2 Å². The fourth-order valence-electron chi connectivity index (χ4n) is 4.12. The van der Waals surface area contributed by atoms with Crippen molar-refractivity contribution in [2.75, 3.05) is 27.4 Å². The minimum atomic E-state index is -0.629. The number of allylic oxidation sites excluding steroid dienone is 4. The van der Waals surface area contributed by atoms with Crippen molar-refractivity contribution in [1.82, 2.24) is 0 Å². The van der Waals surface area contributed by atoms with Gasteiger partial charge < -0.3 is 33.6 Å². The highest BCUT2D eigenvalue weighted by atomic mass is 16.6. The zero-order chi connectivity index (χ0) is 29.6.